The molecule has 1 unspecified atom stereocenters. The van der Waals surface area contributed by atoms with Gasteiger partial charge < -0.3 is 10.5 Å². The summed E-state index contributed by atoms with van der Waals surface area (Å²) >= 11 is 1.69. The molecule has 0 spiro atoms. The number of benzene rings is 1. The fourth-order valence-corrected chi connectivity index (χ4v) is 2.82. The zero-order chi connectivity index (χ0) is 14.3. The van der Waals surface area contributed by atoms with Crippen molar-refractivity contribution < 1.29 is 4.74 Å². The molecule has 0 aliphatic carbocycles. The van der Waals surface area contributed by atoms with Crippen molar-refractivity contribution in [1.29, 1.82) is 5.41 Å². The van der Waals surface area contributed by atoms with Gasteiger partial charge in [0.25, 0.3) is 0 Å². The van der Waals surface area contributed by atoms with Crippen LogP contribution in [0.25, 0.3) is 0 Å². The molecule has 0 amide bonds. The largest absolute Gasteiger partial charge is 0.493 e. The fourth-order valence-electron chi connectivity index (χ4n) is 1.98. The van der Waals surface area contributed by atoms with Gasteiger partial charge in [-0.25, -0.2) is 0 Å². The molecule has 0 saturated carbocycles. The summed E-state index contributed by atoms with van der Waals surface area (Å²) in [7, 11) is 0. The summed E-state index contributed by atoms with van der Waals surface area (Å²) in [6.45, 7) is 7.12. The van der Waals surface area contributed by atoms with Crippen molar-refractivity contribution in [3.05, 3.63) is 23.8 Å². The van der Waals surface area contributed by atoms with Crippen molar-refractivity contribution in [2.24, 2.45) is 11.7 Å². The van der Waals surface area contributed by atoms with E-state index in [4.69, 9.17) is 15.9 Å². The van der Waals surface area contributed by atoms with Gasteiger partial charge in [0.15, 0.2) is 0 Å². The topological polar surface area (TPSA) is 59.1 Å². The highest BCUT2D eigenvalue weighted by Crippen LogP contribution is 2.30. The molecule has 106 valence electrons. The van der Waals surface area contributed by atoms with Crippen molar-refractivity contribution in [2.75, 3.05) is 12.4 Å². The number of nitrogens with one attached hydrogen (secondary N) is 1. The molecule has 3 nitrogen and oxygen atoms in total. The number of nitrogens with two attached hydrogens (primary N) is 1. The number of rotatable bonds is 8. The maximum Gasteiger partial charge on any atom is 0.131 e. The van der Waals surface area contributed by atoms with E-state index < -0.39 is 0 Å². The summed E-state index contributed by atoms with van der Waals surface area (Å²) in [5.74, 6) is 2.28. The lowest BCUT2D eigenvalue weighted by molar-refractivity contribution is 0.250. The van der Waals surface area contributed by atoms with E-state index >= 15 is 0 Å². The van der Waals surface area contributed by atoms with Crippen LogP contribution in [0, 0.1) is 11.3 Å². The predicted molar refractivity (Wildman–Crippen MR) is 83.4 cm³/mol. The summed E-state index contributed by atoms with van der Waals surface area (Å²) < 4.78 is 5.87. The average Bonchev–Trinajstić information content (AvgIpc) is 2.37. The molecular formula is C15H24N2OS. The van der Waals surface area contributed by atoms with Gasteiger partial charge in [-0.1, -0.05) is 33.3 Å². The summed E-state index contributed by atoms with van der Waals surface area (Å²) in [6, 6.07) is 5.85. The first-order valence-electron chi connectivity index (χ1n) is 6.83. The van der Waals surface area contributed by atoms with Crippen LogP contribution in [-0.2, 0) is 0 Å². The van der Waals surface area contributed by atoms with Crippen LogP contribution in [0.4, 0.5) is 0 Å². The van der Waals surface area contributed by atoms with Crippen LogP contribution >= 0.6 is 11.8 Å². The number of amidine groups is 1. The number of hydrogen-bond donors (Lipinski definition) is 2. The molecule has 1 aromatic carbocycles. The number of ether oxygens (including phenoxy) is 1. The molecule has 0 radical (unpaired) electrons. The van der Waals surface area contributed by atoms with E-state index in [9.17, 15) is 0 Å². The van der Waals surface area contributed by atoms with Gasteiger partial charge in [-0.3, -0.25) is 5.41 Å². The van der Waals surface area contributed by atoms with E-state index in [0.717, 1.165) is 34.8 Å². The second-order valence-corrected chi connectivity index (χ2v) is 5.99. The first kappa shape index (κ1) is 15.9. The summed E-state index contributed by atoms with van der Waals surface area (Å²) in [5.41, 5.74) is 6.43. The van der Waals surface area contributed by atoms with Gasteiger partial charge in [0.2, 0.25) is 0 Å². The Labute approximate surface area is 120 Å². The zero-order valence-corrected chi connectivity index (χ0v) is 12.8. The molecule has 0 aliphatic rings. The molecular weight excluding hydrogens is 256 g/mol. The van der Waals surface area contributed by atoms with Gasteiger partial charge in [-0.2, -0.15) is 0 Å². The highest BCUT2D eigenvalue weighted by atomic mass is 32.2. The van der Waals surface area contributed by atoms with Gasteiger partial charge in [0, 0.05) is 4.90 Å². The molecule has 0 fully saturated rings. The van der Waals surface area contributed by atoms with Crippen LogP contribution in [0.1, 0.15) is 39.2 Å². The Bertz CT molecular complexity index is 421. The molecule has 0 aromatic heterocycles. The standard InChI is InChI=1S/C15H24N2OS/c1-4-7-11(3)10-18-12-8-6-9-13(19-5-2)14(12)15(16)17/h6,8-9,11H,4-5,7,10H2,1-3H3,(H3,16,17). The van der Waals surface area contributed by atoms with Crippen molar-refractivity contribution in [3.63, 3.8) is 0 Å². The van der Waals surface area contributed by atoms with E-state index in [1.165, 1.54) is 0 Å². The molecule has 4 heteroatoms. The molecule has 3 N–H and O–H groups in total. The van der Waals surface area contributed by atoms with E-state index in [2.05, 4.69) is 20.8 Å². The van der Waals surface area contributed by atoms with E-state index in [1.807, 2.05) is 18.2 Å². The van der Waals surface area contributed by atoms with Gasteiger partial charge in [0.1, 0.15) is 11.6 Å². The first-order valence-corrected chi connectivity index (χ1v) is 7.81. The van der Waals surface area contributed by atoms with E-state index in [-0.39, 0.29) is 5.84 Å². The van der Waals surface area contributed by atoms with Crippen LogP contribution in [0.2, 0.25) is 0 Å². The minimum atomic E-state index is 0.0784. The second kappa shape index (κ2) is 8.10. The van der Waals surface area contributed by atoms with Crippen molar-refractivity contribution in [1.82, 2.24) is 0 Å². The first-order chi connectivity index (χ1) is 9.10. The van der Waals surface area contributed by atoms with Crippen molar-refractivity contribution >= 4 is 17.6 Å². The maximum atomic E-state index is 7.75. The van der Waals surface area contributed by atoms with Crippen LogP contribution in [-0.4, -0.2) is 18.2 Å². The smallest absolute Gasteiger partial charge is 0.131 e. The normalized spacial score (nSPS) is 12.2. The lowest BCUT2D eigenvalue weighted by atomic mass is 10.1. The maximum absolute atomic E-state index is 7.75. The highest BCUT2D eigenvalue weighted by Gasteiger charge is 2.13. The third-order valence-corrected chi connectivity index (χ3v) is 3.80. The van der Waals surface area contributed by atoms with Crippen LogP contribution in [0.3, 0.4) is 0 Å². The Morgan fingerprint density at radius 3 is 2.74 bits per heavy atom. The SMILES string of the molecule is CCCC(C)COc1cccc(SCC)c1C(=N)N. The number of thioether (sulfide) groups is 1. The second-order valence-electron chi connectivity index (χ2n) is 4.68. The van der Waals surface area contributed by atoms with Gasteiger partial charge in [0.05, 0.1) is 12.2 Å². The minimum Gasteiger partial charge on any atom is -0.493 e. The molecule has 0 heterocycles. The molecule has 0 bridgehead atoms. The molecule has 1 rings (SSSR count). The van der Waals surface area contributed by atoms with Crippen LogP contribution in [0.5, 0.6) is 5.75 Å². The lowest BCUT2D eigenvalue weighted by Crippen LogP contribution is -2.16. The van der Waals surface area contributed by atoms with Gasteiger partial charge in [-0.05, 0) is 30.2 Å². The fraction of sp³-hybridized carbons (Fsp3) is 0.533. The zero-order valence-electron chi connectivity index (χ0n) is 12.0. The highest BCUT2D eigenvalue weighted by molar-refractivity contribution is 7.99. The average molecular weight is 280 g/mol. The van der Waals surface area contributed by atoms with Gasteiger partial charge in [-0.15, -0.1) is 11.8 Å². The summed E-state index contributed by atoms with van der Waals surface area (Å²) in [6.07, 6.45) is 2.31. The quantitative estimate of drug-likeness (QED) is 0.431. The van der Waals surface area contributed by atoms with Gasteiger partial charge >= 0.3 is 0 Å². The van der Waals surface area contributed by atoms with Crippen LogP contribution in [0.15, 0.2) is 23.1 Å². The van der Waals surface area contributed by atoms with Crippen LogP contribution < -0.4 is 10.5 Å². The molecule has 0 saturated heterocycles. The molecule has 1 aromatic rings. The van der Waals surface area contributed by atoms with E-state index in [1.54, 1.807) is 11.8 Å². The summed E-state index contributed by atoms with van der Waals surface area (Å²) in [5, 5.41) is 7.75. The Hall–Kier alpha value is -1.16. The third-order valence-electron chi connectivity index (χ3n) is 2.86. The Morgan fingerprint density at radius 2 is 2.16 bits per heavy atom. The molecule has 1 atom stereocenters. The van der Waals surface area contributed by atoms with E-state index in [0.29, 0.717) is 12.5 Å². The minimum absolute atomic E-state index is 0.0784. The Kier molecular flexibility index (Phi) is 6.78. The molecule has 0 aliphatic heterocycles. The predicted octanol–water partition coefficient (Wildman–Crippen LogP) is 3.90. The number of hydrogen-bond acceptors (Lipinski definition) is 3. The Morgan fingerprint density at radius 1 is 1.42 bits per heavy atom. The molecule has 19 heavy (non-hydrogen) atoms. The lowest BCUT2D eigenvalue weighted by Gasteiger charge is -2.16. The monoisotopic (exact) mass is 280 g/mol. The number of nitrogen functional groups attached to an aromatic ring is 1. The van der Waals surface area contributed by atoms with Crippen molar-refractivity contribution in [2.45, 2.75) is 38.5 Å². The Balaban J connectivity index is 2.87. The summed E-state index contributed by atoms with van der Waals surface area (Å²) in [4.78, 5) is 1.02. The van der Waals surface area contributed by atoms with Crippen molar-refractivity contribution in [3.8, 4) is 5.75 Å². The third kappa shape index (κ3) is 4.78.